The zero-order chi connectivity index (χ0) is 11.5. The third-order valence-corrected chi connectivity index (χ3v) is 3.97. The van der Waals surface area contributed by atoms with Crippen molar-refractivity contribution in [3.8, 4) is 0 Å². The molecule has 0 saturated heterocycles. The summed E-state index contributed by atoms with van der Waals surface area (Å²) in [6.45, 7) is 4.54. The van der Waals surface area contributed by atoms with E-state index < -0.39 is 0 Å². The van der Waals surface area contributed by atoms with Gasteiger partial charge in [-0.1, -0.05) is 11.3 Å². The van der Waals surface area contributed by atoms with E-state index in [9.17, 15) is 0 Å². The van der Waals surface area contributed by atoms with Gasteiger partial charge in [0, 0.05) is 17.8 Å². The maximum atomic E-state index is 5.74. The SMILES string of the molecule is Cc1cc(C)c(CN)c(Sc2nncs2)n1. The molecule has 2 N–H and O–H groups in total. The van der Waals surface area contributed by atoms with Gasteiger partial charge in [-0.2, -0.15) is 0 Å². The van der Waals surface area contributed by atoms with E-state index in [1.165, 1.54) is 28.7 Å². The van der Waals surface area contributed by atoms with Gasteiger partial charge in [0.15, 0.2) is 4.34 Å². The minimum absolute atomic E-state index is 0.500. The van der Waals surface area contributed by atoms with Crippen LogP contribution in [0.5, 0.6) is 0 Å². The number of nitrogens with zero attached hydrogens (tertiary/aromatic N) is 3. The summed E-state index contributed by atoms with van der Waals surface area (Å²) < 4.78 is 0.896. The molecule has 16 heavy (non-hydrogen) atoms. The first-order valence-corrected chi connectivity index (χ1v) is 6.51. The van der Waals surface area contributed by atoms with Crippen molar-refractivity contribution in [3.05, 3.63) is 28.4 Å². The number of hydrogen-bond acceptors (Lipinski definition) is 6. The smallest absolute Gasteiger partial charge is 0.180 e. The molecule has 6 heteroatoms. The lowest BCUT2D eigenvalue weighted by molar-refractivity contribution is 0.918. The largest absolute Gasteiger partial charge is 0.326 e. The average molecular weight is 252 g/mol. The predicted molar refractivity (Wildman–Crippen MR) is 65.6 cm³/mol. The average Bonchev–Trinajstić information content (AvgIpc) is 2.70. The van der Waals surface area contributed by atoms with Gasteiger partial charge in [0.25, 0.3) is 0 Å². The number of pyridine rings is 1. The molecule has 0 fully saturated rings. The van der Waals surface area contributed by atoms with Gasteiger partial charge in [-0.3, -0.25) is 0 Å². The molecule has 0 aliphatic heterocycles. The highest BCUT2D eigenvalue weighted by molar-refractivity contribution is 8.01. The first kappa shape index (κ1) is 11.5. The van der Waals surface area contributed by atoms with E-state index in [4.69, 9.17) is 5.73 Å². The highest BCUT2D eigenvalue weighted by Gasteiger charge is 2.10. The first-order valence-electron chi connectivity index (χ1n) is 4.82. The molecular weight excluding hydrogens is 240 g/mol. The summed E-state index contributed by atoms with van der Waals surface area (Å²) in [6, 6.07) is 2.05. The van der Waals surface area contributed by atoms with Crippen LogP contribution in [-0.2, 0) is 6.54 Å². The molecule has 2 rings (SSSR count). The van der Waals surface area contributed by atoms with Crippen LogP contribution in [0.1, 0.15) is 16.8 Å². The molecular formula is C10H12N4S2. The topological polar surface area (TPSA) is 64.7 Å². The van der Waals surface area contributed by atoms with Crippen LogP contribution >= 0.6 is 23.1 Å². The zero-order valence-corrected chi connectivity index (χ0v) is 10.7. The summed E-state index contributed by atoms with van der Waals surface area (Å²) >= 11 is 3.04. The van der Waals surface area contributed by atoms with Gasteiger partial charge < -0.3 is 5.73 Å². The Morgan fingerprint density at radius 2 is 2.25 bits per heavy atom. The Balaban J connectivity index is 2.39. The van der Waals surface area contributed by atoms with Crippen molar-refractivity contribution in [1.82, 2.24) is 15.2 Å². The molecule has 84 valence electrons. The number of aromatic nitrogens is 3. The van der Waals surface area contributed by atoms with Gasteiger partial charge in [0.05, 0.1) is 0 Å². The minimum atomic E-state index is 0.500. The first-order chi connectivity index (χ1) is 7.70. The molecule has 4 nitrogen and oxygen atoms in total. The van der Waals surface area contributed by atoms with Crippen LogP contribution in [0.3, 0.4) is 0 Å². The second-order valence-corrected chi connectivity index (χ2v) is 5.44. The lowest BCUT2D eigenvalue weighted by atomic mass is 10.1. The van der Waals surface area contributed by atoms with Gasteiger partial charge in [-0.15, -0.1) is 10.2 Å². The van der Waals surface area contributed by atoms with E-state index in [1.807, 2.05) is 13.0 Å². The molecule has 0 saturated carbocycles. The third-order valence-electron chi connectivity index (χ3n) is 2.17. The Labute approximate surface area is 102 Å². The Morgan fingerprint density at radius 3 is 2.88 bits per heavy atom. The van der Waals surface area contributed by atoms with Gasteiger partial charge in [-0.25, -0.2) is 4.98 Å². The fraction of sp³-hybridized carbons (Fsp3) is 0.300. The molecule has 0 radical (unpaired) electrons. The lowest BCUT2D eigenvalue weighted by Gasteiger charge is -2.09. The number of aryl methyl sites for hydroxylation is 2. The van der Waals surface area contributed by atoms with Crippen LogP contribution in [0.2, 0.25) is 0 Å². The van der Waals surface area contributed by atoms with Gasteiger partial charge >= 0.3 is 0 Å². The maximum Gasteiger partial charge on any atom is 0.180 e. The lowest BCUT2D eigenvalue weighted by Crippen LogP contribution is -2.04. The van der Waals surface area contributed by atoms with Crippen LogP contribution in [0.25, 0.3) is 0 Å². The monoisotopic (exact) mass is 252 g/mol. The predicted octanol–water partition coefficient (Wildman–Crippen LogP) is 2.16. The zero-order valence-electron chi connectivity index (χ0n) is 9.10. The molecule has 0 atom stereocenters. The molecule has 2 aromatic rings. The number of nitrogens with two attached hydrogens (primary N) is 1. The van der Waals surface area contributed by atoms with Crippen LogP contribution in [0.15, 0.2) is 20.9 Å². The van der Waals surface area contributed by atoms with Crippen LogP contribution in [-0.4, -0.2) is 15.2 Å². The van der Waals surface area contributed by atoms with Crippen molar-refractivity contribution in [1.29, 1.82) is 0 Å². The maximum absolute atomic E-state index is 5.74. The van der Waals surface area contributed by atoms with Crippen molar-refractivity contribution in [2.45, 2.75) is 29.8 Å². The second-order valence-electron chi connectivity index (χ2n) is 3.38. The van der Waals surface area contributed by atoms with Gasteiger partial charge in [-0.05, 0) is 37.2 Å². The number of rotatable bonds is 3. The van der Waals surface area contributed by atoms with E-state index in [-0.39, 0.29) is 0 Å². The second kappa shape index (κ2) is 4.90. The molecule has 2 aromatic heterocycles. The fourth-order valence-electron chi connectivity index (χ4n) is 1.45. The van der Waals surface area contributed by atoms with Crippen molar-refractivity contribution in [2.24, 2.45) is 5.73 Å². The highest BCUT2D eigenvalue weighted by atomic mass is 32.2. The summed E-state index contributed by atoms with van der Waals surface area (Å²) in [5.74, 6) is 0. The molecule has 0 bridgehead atoms. The Morgan fingerprint density at radius 1 is 1.44 bits per heavy atom. The summed E-state index contributed by atoms with van der Waals surface area (Å²) in [6.07, 6.45) is 0. The van der Waals surface area contributed by atoms with E-state index in [1.54, 1.807) is 5.51 Å². The van der Waals surface area contributed by atoms with Crippen LogP contribution < -0.4 is 5.73 Å². The van der Waals surface area contributed by atoms with Crippen molar-refractivity contribution in [2.75, 3.05) is 0 Å². The Bertz CT molecular complexity index is 482. The van der Waals surface area contributed by atoms with E-state index in [0.29, 0.717) is 6.54 Å². The van der Waals surface area contributed by atoms with Crippen LogP contribution in [0, 0.1) is 13.8 Å². The Kier molecular flexibility index (Phi) is 3.52. The van der Waals surface area contributed by atoms with E-state index in [0.717, 1.165) is 20.6 Å². The van der Waals surface area contributed by atoms with E-state index >= 15 is 0 Å². The molecule has 0 spiro atoms. The molecule has 0 aliphatic rings. The molecule has 2 heterocycles. The Hall–Kier alpha value is -0.980. The normalized spacial score (nSPS) is 10.7. The van der Waals surface area contributed by atoms with Crippen LogP contribution in [0.4, 0.5) is 0 Å². The van der Waals surface area contributed by atoms with Crippen molar-refractivity contribution >= 4 is 23.1 Å². The van der Waals surface area contributed by atoms with E-state index in [2.05, 4.69) is 22.1 Å². The summed E-state index contributed by atoms with van der Waals surface area (Å²) in [5, 5.41) is 8.75. The van der Waals surface area contributed by atoms with Crippen molar-refractivity contribution < 1.29 is 0 Å². The molecule has 0 unspecified atom stereocenters. The standard InChI is InChI=1S/C10H12N4S2/c1-6-3-7(2)13-9(8(6)4-11)16-10-14-12-5-15-10/h3,5H,4,11H2,1-2H3. The quantitative estimate of drug-likeness (QED) is 0.907. The van der Waals surface area contributed by atoms with Gasteiger partial charge in [0.2, 0.25) is 0 Å². The summed E-state index contributed by atoms with van der Waals surface area (Å²) in [7, 11) is 0. The third kappa shape index (κ3) is 2.40. The minimum Gasteiger partial charge on any atom is -0.326 e. The number of hydrogen-bond donors (Lipinski definition) is 1. The highest BCUT2D eigenvalue weighted by Crippen LogP contribution is 2.31. The van der Waals surface area contributed by atoms with Gasteiger partial charge in [0.1, 0.15) is 10.5 Å². The molecule has 0 aromatic carbocycles. The summed E-state index contributed by atoms with van der Waals surface area (Å²) in [5.41, 5.74) is 10.7. The fourth-order valence-corrected chi connectivity index (χ4v) is 3.10. The molecule has 0 amide bonds. The van der Waals surface area contributed by atoms with Crippen molar-refractivity contribution in [3.63, 3.8) is 0 Å². The molecule has 0 aliphatic carbocycles. The summed E-state index contributed by atoms with van der Waals surface area (Å²) in [4.78, 5) is 4.50.